The highest BCUT2D eigenvalue weighted by Crippen LogP contribution is 2.13. The maximum absolute atomic E-state index is 11.2. The van der Waals surface area contributed by atoms with Crippen LogP contribution in [0.3, 0.4) is 0 Å². The lowest BCUT2D eigenvalue weighted by molar-refractivity contribution is 0.158. The Hall–Kier alpha value is -0.130. The van der Waals surface area contributed by atoms with Gasteiger partial charge in [0.25, 0.3) is 0 Å². The highest BCUT2D eigenvalue weighted by molar-refractivity contribution is 7.90. The number of sulfone groups is 1. The van der Waals surface area contributed by atoms with Crippen molar-refractivity contribution in [2.24, 2.45) is 0 Å². The van der Waals surface area contributed by atoms with Crippen LogP contribution in [0.4, 0.5) is 0 Å². The van der Waals surface area contributed by atoms with Crippen LogP contribution < -0.4 is 5.32 Å². The summed E-state index contributed by atoms with van der Waals surface area (Å²) < 4.78 is 22.4. The van der Waals surface area contributed by atoms with Gasteiger partial charge in [-0.25, -0.2) is 8.42 Å². The third kappa shape index (κ3) is 5.84. The average Bonchev–Trinajstić information content (AvgIpc) is 2.15. The minimum Gasteiger partial charge on any atom is -0.310 e. The second-order valence-corrected chi connectivity index (χ2v) is 7.75. The maximum atomic E-state index is 11.2. The molecule has 0 bridgehead atoms. The number of hydrogen-bond acceptors (Lipinski definition) is 4. The third-order valence-electron chi connectivity index (χ3n) is 3.33. The third-order valence-corrected chi connectivity index (χ3v) is 4.44. The van der Waals surface area contributed by atoms with Crippen molar-refractivity contribution in [3.05, 3.63) is 0 Å². The van der Waals surface area contributed by atoms with Gasteiger partial charge in [-0.2, -0.15) is 0 Å². The Bertz CT molecular complexity index is 319. The van der Waals surface area contributed by atoms with Crippen molar-refractivity contribution in [1.82, 2.24) is 10.2 Å². The highest BCUT2D eigenvalue weighted by atomic mass is 32.2. The van der Waals surface area contributed by atoms with E-state index in [2.05, 4.69) is 24.1 Å². The zero-order chi connectivity index (χ0) is 13.1. The van der Waals surface area contributed by atoms with E-state index in [1.165, 1.54) is 6.26 Å². The average molecular weight is 262 g/mol. The molecule has 1 saturated heterocycles. The van der Waals surface area contributed by atoms with Gasteiger partial charge in [-0.15, -0.1) is 0 Å². The first-order chi connectivity index (χ1) is 7.78. The summed E-state index contributed by atoms with van der Waals surface area (Å²) in [5.41, 5.74) is 0. The fourth-order valence-corrected chi connectivity index (χ4v) is 3.49. The van der Waals surface area contributed by atoms with Gasteiger partial charge < -0.3 is 10.2 Å². The lowest BCUT2D eigenvalue weighted by Crippen LogP contribution is -2.48. The minimum atomic E-state index is -2.87. The lowest BCUT2D eigenvalue weighted by atomic mass is 10.0. The number of nitrogens with one attached hydrogen (secondary N) is 1. The number of likely N-dealkylation sites (tertiary alicyclic amines) is 1. The first-order valence-corrected chi connectivity index (χ1v) is 8.52. The van der Waals surface area contributed by atoms with Gasteiger partial charge in [0.15, 0.2) is 0 Å². The molecule has 1 rings (SSSR count). The van der Waals surface area contributed by atoms with Crippen LogP contribution in [0.15, 0.2) is 0 Å². The fraction of sp³-hybridized carbons (Fsp3) is 1.00. The molecule has 0 spiro atoms. The van der Waals surface area contributed by atoms with Crippen molar-refractivity contribution in [3.63, 3.8) is 0 Å². The summed E-state index contributed by atoms with van der Waals surface area (Å²) in [7, 11) is -2.87. The Kier molecular flexibility index (Phi) is 5.41. The molecule has 4 nitrogen and oxygen atoms in total. The predicted molar refractivity (Wildman–Crippen MR) is 72.0 cm³/mol. The molecule has 5 heteroatoms. The Morgan fingerprint density at radius 3 is 2.18 bits per heavy atom. The molecule has 0 radical (unpaired) electrons. The zero-order valence-corrected chi connectivity index (χ0v) is 12.3. The summed E-state index contributed by atoms with van der Waals surface area (Å²) in [6, 6.07) is 1.15. The van der Waals surface area contributed by atoms with E-state index >= 15 is 0 Å². The van der Waals surface area contributed by atoms with Crippen molar-refractivity contribution < 1.29 is 8.42 Å². The monoisotopic (exact) mass is 262 g/mol. The summed E-state index contributed by atoms with van der Waals surface area (Å²) in [4.78, 5) is 2.47. The van der Waals surface area contributed by atoms with Gasteiger partial charge in [-0.1, -0.05) is 0 Å². The maximum Gasteiger partial charge on any atom is 0.148 e. The van der Waals surface area contributed by atoms with Crippen molar-refractivity contribution in [3.8, 4) is 0 Å². The van der Waals surface area contributed by atoms with E-state index in [0.717, 1.165) is 25.9 Å². The van der Waals surface area contributed by atoms with Crippen LogP contribution in [0.25, 0.3) is 0 Å². The molecular weight excluding hydrogens is 236 g/mol. The van der Waals surface area contributed by atoms with Crippen molar-refractivity contribution in [2.75, 3.05) is 25.1 Å². The Labute approximate surface area is 106 Å². The van der Waals surface area contributed by atoms with Crippen LogP contribution in [-0.2, 0) is 9.84 Å². The molecule has 102 valence electrons. The van der Waals surface area contributed by atoms with Crippen molar-refractivity contribution >= 4 is 9.84 Å². The Balaban J connectivity index is 2.31. The molecule has 1 fully saturated rings. The topological polar surface area (TPSA) is 49.4 Å². The quantitative estimate of drug-likeness (QED) is 0.799. The van der Waals surface area contributed by atoms with Gasteiger partial charge in [0, 0.05) is 24.4 Å². The Morgan fingerprint density at radius 1 is 1.24 bits per heavy atom. The van der Waals surface area contributed by atoms with Gasteiger partial charge in [0.2, 0.25) is 0 Å². The molecule has 1 heterocycles. The summed E-state index contributed by atoms with van der Waals surface area (Å²) in [6.45, 7) is 8.62. The summed E-state index contributed by atoms with van der Waals surface area (Å²) in [6.07, 6.45) is 3.53. The van der Waals surface area contributed by atoms with Crippen LogP contribution in [0.2, 0.25) is 0 Å². The van der Waals surface area contributed by atoms with Gasteiger partial charge in [-0.3, -0.25) is 0 Å². The number of piperidine rings is 1. The molecule has 1 aliphatic rings. The first-order valence-electron chi connectivity index (χ1n) is 6.46. The summed E-state index contributed by atoms with van der Waals surface area (Å²) >= 11 is 0. The van der Waals surface area contributed by atoms with E-state index in [0.29, 0.717) is 12.1 Å². The van der Waals surface area contributed by atoms with Crippen LogP contribution in [-0.4, -0.2) is 56.5 Å². The highest BCUT2D eigenvalue weighted by Gasteiger charge is 2.22. The van der Waals surface area contributed by atoms with Crippen LogP contribution in [0.1, 0.15) is 33.6 Å². The van der Waals surface area contributed by atoms with Crippen LogP contribution >= 0.6 is 0 Å². The molecule has 17 heavy (non-hydrogen) atoms. The van der Waals surface area contributed by atoms with Crippen molar-refractivity contribution in [2.45, 2.75) is 51.7 Å². The van der Waals surface area contributed by atoms with E-state index in [4.69, 9.17) is 0 Å². The molecule has 0 aromatic carbocycles. The molecule has 0 aromatic heterocycles. The SMILES string of the molecule is CC(CS(C)(=O)=O)NC1CCN(C(C)C)CC1. The fourth-order valence-electron chi connectivity index (χ4n) is 2.49. The van der Waals surface area contributed by atoms with Crippen molar-refractivity contribution in [1.29, 1.82) is 0 Å². The minimum absolute atomic E-state index is 0.0561. The standard InChI is InChI=1S/C12H26N2O2S/c1-10(2)14-7-5-12(6-8-14)13-11(3)9-17(4,15)16/h10-13H,5-9H2,1-4H3. The lowest BCUT2D eigenvalue weighted by Gasteiger charge is -2.36. The van der Waals surface area contributed by atoms with E-state index in [1.54, 1.807) is 0 Å². The molecule has 1 N–H and O–H groups in total. The molecule has 0 aliphatic carbocycles. The number of hydrogen-bond donors (Lipinski definition) is 1. The molecule has 0 amide bonds. The molecular formula is C12H26N2O2S. The van der Waals surface area contributed by atoms with E-state index in [-0.39, 0.29) is 11.8 Å². The number of nitrogens with zero attached hydrogens (tertiary/aromatic N) is 1. The van der Waals surface area contributed by atoms with Gasteiger partial charge in [-0.05, 0) is 46.7 Å². The normalized spacial score (nSPS) is 21.9. The summed E-state index contributed by atoms with van der Waals surface area (Å²) in [5, 5.41) is 3.43. The van der Waals surface area contributed by atoms with Crippen LogP contribution in [0.5, 0.6) is 0 Å². The van der Waals surface area contributed by atoms with Gasteiger partial charge in [0.05, 0.1) is 5.75 Å². The molecule has 0 saturated carbocycles. The van der Waals surface area contributed by atoms with E-state index in [1.807, 2.05) is 6.92 Å². The van der Waals surface area contributed by atoms with E-state index < -0.39 is 9.84 Å². The molecule has 1 atom stereocenters. The van der Waals surface area contributed by atoms with Gasteiger partial charge >= 0.3 is 0 Å². The predicted octanol–water partition coefficient (Wildman–Crippen LogP) is 0.882. The molecule has 1 aliphatic heterocycles. The molecule has 0 aromatic rings. The Morgan fingerprint density at radius 2 is 1.76 bits per heavy atom. The largest absolute Gasteiger partial charge is 0.310 e. The summed E-state index contributed by atoms with van der Waals surface area (Å²) in [5.74, 6) is 0.234. The second-order valence-electron chi connectivity index (χ2n) is 5.56. The van der Waals surface area contributed by atoms with E-state index in [9.17, 15) is 8.42 Å². The smallest absolute Gasteiger partial charge is 0.148 e. The second kappa shape index (κ2) is 6.16. The van der Waals surface area contributed by atoms with Crippen LogP contribution in [0, 0.1) is 0 Å². The first kappa shape index (κ1) is 14.9. The number of rotatable bonds is 5. The molecule has 1 unspecified atom stereocenters. The van der Waals surface area contributed by atoms with Gasteiger partial charge in [0.1, 0.15) is 9.84 Å². The zero-order valence-electron chi connectivity index (χ0n) is 11.4.